The summed E-state index contributed by atoms with van der Waals surface area (Å²) in [5.41, 5.74) is 0.0432. The van der Waals surface area contributed by atoms with Crippen molar-refractivity contribution in [3.8, 4) is 0 Å². The third kappa shape index (κ3) is 2.90. The smallest absolute Gasteiger partial charge is 0.270 e. The van der Waals surface area contributed by atoms with E-state index in [1.807, 2.05) is 0 Å². The Morgan fingerprint density at radius 3 is 2.96 bits per heavy atom. The molecular weight excluding hydrogens is 337 g/mol. The minimum atomic E-state index is -0.478. The van der Waals surface area contributed by atoms with Gasteiger partial charge in [-0.2, -0.15) is 0 Å². The number of aromatic nitrogens is 3. The number of nitrogens with one attached hydrogen (secondary N) is 1. The Hall–Kier alpha value is -3.29. The Bertz CT molecular complexity index is 1040. The highest BCUT2D eigenvalue weighted by atomic mass is 19.1. The second-order valence-corrected chi connectivity index (χ2v) is 6.12. The van der Waals surface area contributed by atoms with Crippen LogP contribution in [0.25, 0.3) is 5.65 Å². The highest BCUT2D eigenvalue weighted by Gasteiger charge is 2.27. The molecule has 3 aromatic heterocycles. The zero-order chi connectivity index (χ0) is 18.1. The van der Waals surface area contributed by atoms with E-state index < -0.39 is 17.3 Å². The molecule has 1 saturated heterocycles. The number of hydrogen-bond acceptors (Lipinski definition) is 5. The Labute approximate surface area is 148 Å². The van der Waals surface area contributed by atoms with Crippen molar-refractivity contribution in [2.75, 3.05) is 18.0 Å². The predicted octanol–water partition coefficient (Wildman–Crippen LogP) is 1.24. The van der Waals surface area contributed by atoms with Gasteiger partial charge in [0.25, 0.3) is 11.5 Å². The minimum absolute atomic E-state index is 0.0174. The van der Waals surface area contributed by atoms with Crippen LogP contribution in [0.15, 0.2) is 53.7 Å². The van der Waals surface area contributed by atoms with Gasteiger partial charge < -0.3 is 10.2 Å². The first kappa shape index (κ1) is 16.2. The van der Waals surface area contributed by atoms with E-state index >= 15 is 0 Å². The standard InChI is InChI=1S/C18H16FN5O2/c19-14-4-3-7-20-16(14)23-9-6-12(11-23)22-17(25)13-10-21-15-5-1-2-8-24(15)18(13)26/h1-5,7-8,10,12H,6,9,11H2,(H,22,25). The molecular formula is C18H16FN5O2. The van der Waals surface area contributed by atoms with Crippen LogP contribution >= 0.6 is 0 Å². The van der Waals surface area contributed by atoms with Gasteiger partial charge in [0, 0.05) is 37.7 Å². The molecule has 0 aliphatic carbocycles. The fourth-order valence-electron chi connectivity index (χ4n) is 3.13. The van der Waals surface area contributed by atoms with E-state index in [1.165, 1.54) is 28.9 Å². The van der Waals surface area contributed by atoms with Crippen molar-refractivity contribution in [2.45, 2.75) is 12.5 Å². The number of pyridine rings is 2. The lowest BCUT2D eigenvalue weighted by Gasteiger charge is -2.18. The van der Waals surface area contributed by atoms with Crippen molar-refractivity contribution in [1.82, 2.24) is 19.7 Å². The fourth-order valence-corrected chi connectivity index (χ4v) is 3.13. The second-order valence-electron chi connectivity index (χ2n) is 6.12. The number of carbonyl (C=O) groups is 1. The summed E-state index contributed by atoms with van der Waals surface area (Å²) < 4.78 is 15.2. The molecule has 132 valence electrons. The lowest BCUT2D eigenvalue weighted by atomic mass is 10.2. The van der Waals surface area contributed by atoms with E-state index in [4.69, 9.17) is 0 Å². The molecule has 1 fully saturated rings. The summed E-state index contributed by atoms with van der Waals surface area (Å²) in [5.74, 6) is -0.595. The van der Waals surface area contributed by atoms with Gasteiger partial charge in [0.1, 0.15) is 11.2 Å². The van der Waals surface area contributed by atoms with Gasteiger partial charge in [-0.15, -0.1) is 0 Å². The zero-order valence-electron chi connectivity index (χ0n) is 13.8. The molecule has 1 atom stereocenters. The number of rotatable bonds is 3. The highest BCUT2D eigenvalue weighted by molar-refractivity contribution is 5.94. The summed E-state index contributed by atoms with van der Waals surface area (Å²) in [6.07, 6.45) is 5.04. The van der Waals surface area contributed by atoms with E-state index in [9.17, 15) is 14.0 Å². The van der Waals surface area contributed by atoms with Gasteiger partial charge in [-0.25, -0.2) is 14.4 Å². The second kappa shape index (κ2) is 6.55. The molecule has 4 heterocycles. The molecule has 0 radical (unpaired) electrons. The summed E-state index contributed by atoms with van der Waals surface area (Å²) >= 11 is 0. The summed E-state index contributed by atoms with van der Waals surface area (Å²) in [4.78, 5) is 35.0. The predicted molar refractivity (Wildman–Crippen MR) is 93.7 cm³/mol. The third-order valence-corrected chi connectivity index (χ3v) is 4.42. The SMILES string of the molecule is O=C(NC1CCN(c2ncccc2F)C1)c1cnc2ccccn2c1=O. The van der Waals surface area contributed by atoms with E-state index in [0.29, 0.717) is 25.2 Å². The van der Waals surface area contributed by atoms with Gasteiger partial charge in [0.05, 0.1) is 0 Å². The van der Waals surface area contributed by atoms with Crippen LogP contribution in [0.5, 0.6) is 0 Å². The van der Waals surface area contributed by atoms with Crippen LogP contribution in [0.1, 0.15) is 16.8 Å². The first-order valence-electron chi connectivity index (χ1n) is 8.26. The maximum atomic E-state index is 13.9. The average Bonchev–Trinajstić information content (AvgIpc) is 3.10. The Balaban J connectivity index is 1.50. The number of amides is 1. The third-order valence-electron chi connectivity index (χ3n) is 4.42. The van der Waals surface area contributed by atoms with Gasteiger partial charge in [0.2, 0.25) is 0 Å². The lowest BCUT2D eigenvalue weighted by Crippen LogP contribution is -2.40. The average molecular weight is 353 g/mol. The monoisotopic (exact) mass is 353 g/mol. The normalized spacial score (nSPS) is 16.8. The molecule has 3 aromatic rings. The largest absolute Gasteiger partial charge is 0.352 e. The van der Waals surface area contributed by atoms with Gasteiger partial charge in [-0.05, 0) is 30.7 Å². The Morgan fingerprint density at radius 2 is 2.12 bits per heavy atom. The first-order chi connectivity index (χ1) is 12.6. The van der Waals surface area contributed by atoms with Gasteiger partial charge in [-0.3, -0.25) is 14.0 Å². The fraction of sp³-hybridized carbons (Fsp3) is 0.222. The molecule has 1 N–H and O–H groups in total. The summed E-state index contributed by atoms with van der Waals surface area (Å²) in [6, 6.07) is 7.86. The quantitative estimate of drug-likeness (QED) is 0.766. The molecule has 0 aromatic carbocycles. The van der Waals surface area contributed by atoms with E-state index in [2.05, 4.69) is 15.3 Å². The van der Waals surface area contributed by atoms with Crippen LogP contribution in [0.4, 0.5) is 10.2 Å². The molecule has 26 heavy (non-hydrogen) atoms. The zero-order valence-corrected chi connectivity index (χ0v) is 13.8. The van der Waals surface area contributed by atoms with Crippen molar-refractivity contribution < 1.29 is 9.18 Å². The number of carbonyl (C=O) groups excluding carboxylic acids is 1. The molecule has 1 unspecified atom stereocenters. The molecule has 1 amide bonds. The molecule has 0 bridgehead atoms. The van der Waals surface area contributed by atoms with Crippen LogP contribution in [0.2, 0.25) is 0 Å². The molecule has 0 spiro atoms. The molecule has 1 aliphatic rings. The van der Waals surface area contributed by atoms with Crippen LogP contribution in [0.3, 0.4) is 0 Å². The van der Waals surface area contributed by atoms with Crippen LogP contribution in [-0.2, 0) is 0 Å². The van der Waals surface area contributed by atoms with Gasteiger partial charge in [-0.1, -0.05) is 6.07 Å². The topological polar surface area (TPSA) is 79.6 Å². The molecule has 8 heteroatoms. The summed E-state index contributed by atoms with van der Waals surface area (Å²) in [7, 11) is 0. The maximum absolute atomic E-state index is 13.9. The van der Waals surface area contributed by atoms with Crippen molar-refractivity contribution in [3.05, 3.63) is 70.7 Å². The van der Waals surface area contributed by atoms with Crippen molar-refractivity contribution >= 4 is 17.4 Å². The first-order valence-corrected chi connectivity index (χ1v) is 8.26. The maximum Gasteiger partial charge on any atom is 0.270 e. The number of hydrogen-bond donors (Lipinski definition) is 1. The van der Waals surface area contributed by atoms with Crippen molar-refractivity contribution in [2.24, 2.45) is 0 Å². The molecule has 4 rings (SSSR count). The van der Waals surface area contributed by atoms with Crippen LogP contribution in [-0.4, -0.2) is 39.4 Å². The Kier molecular flexibility index (Phi) is 4.08. The highest BCUT2D eigenvalue weighted by Crippen LogP contribution is 2.20. The van der Waals surface area contributed by atoms with Crippen LogP contribution < -0.4 is 15.8 Å². The van der Waals surface area contributed by atoms with Crippen molar-refractivity contribution in [3.63, 3.8) is 0 Å². The number of nitrogens with zero attached hydrogens (tertiary/aromatic N) is 4. The summed E-state index contributed by atoms with van der Waals surface area (Å²) in [6.45, 7) is 1.01. The van der Waals surface area contributed by atoms with Crippen molar-refractivity contribution in [1.29, 1.82) is 0 Å². The Morgan fingerprint density at radius 1 is 1.23 bits per heavy atom. The van der Waals surface area contributed by atoms with E-state index in [-0.39, 0.29) is 17.4 Å². The molecule has 7 nitrogen and oxygen atoms in total. The minimum Gasteiger partial charge on any atom is -0.352 e. The van der Waals surface area contributed by atoms with Gasteiger partial charge in [0.15, 0.2) is 11.6 Å². The van der Waals surface area contributed by atoms with Gasteiger partial charge >= 0.3 is 0 Å². The van der Waals surface area contributed by atoms with E-state index in [0.717, 1.165) is 0 Å². The van der Waals surface area contributed by atoms with E-state index in [1.54, 1.807) is 29.3 Å². The molecule has 0 saturated carbocycles. The number of fused-ring (bicyclic) bond motifs is 1. The molecule has 1 aliphatic heterocycles. The number of anilines is 1. The summed E-state index contributed by atoms with van der Waals surface area (Å²) in [5, 5.41) is 2.84. The lowest BCUT2D eigenvalue weighted by molar-refractivity contribution is 0.0938. The van der Waals surface area contributed by atoms with Crippen LogP contribution in [0, 0.1) is 5.82 Å². The number of halogens is 1.